The summed E-state index contributed by atoms with van der Waals surface area (Å²) in [6.07, 6.45) is 2.40. The molecule has 0 amide bonds. The van der Waals surface area contributed by atoms with Gasteiger partial charge in [0.2, 0.25) is 0 Å². The molecular formula is C20H25NO2. The maximum Gasteiger partial charge on any atom is 0.122 e. The molecule has 1 unspecified atom stereocenters. The molecule has 3 rings (SSSR count). The summed E-state index contributed by atoms with van der Waals surface area (Å²) >= 11 is 0. The molecule has 122 valence electrons. The molecule has 2 aromatic rings. The van der Waals surface area contributed by atoms with Crippen molar-refractivity contribution in [1.29, 1.82) is 0 Å². The molecule has 1 N–H and O–H groups in total. The van der Waals surface area contributed by atoms with Crippen LogP contribution in [0.2, 0.25) is 0 Å². The van der Waals surface area contributed by atoms with Crippen LogP contribution in [0.4, 0.5) is 0 Å². The Morgan fingerprint density at radius 3 is 2.61 bits per heavy atom. The maximum absolute atomic E-state index is 10.4. The predicted molar refractivity (Wildman–Crippen MR) is 93.0 cm³/mol. The second-order valence-corrected chi connectivity index (χ2v) is 6.24. The van der Waals surface area contributed by atoms with Crippen molar-refractivity contribution in [3.63, 3.8) is 0 Å². The number of hydrogen-bond acceptors (Lipinski definition) is 3. The zero-order chi connectivity index (χ0) is 16.1. The second kappa shape index (κ2) is 7.62. The standard InChI is InChI=1S/C20H25NO2/c1-23-20-9-5-8-17-10-12-21(13-11-19(17)20)15-18(22)14-16-6-3-2-4-7-16/h2-9,18,22H,10-15H2,1H3. The maximum atomic E-state index is 10.4. The molecule has 0 bridgehead atoms. The Labute approximate surface area is 138 Å². The van der Waals surface area contributed by atoms with Crippen LogP contribution in [0.5, 0.6) is 5.75 Å². The molecule has 0 spiro atoms. The number of β-amino-alcohol motifs (C(OH)–C–C–N with tert-alkyl or cyclic N) is 1. The third-order valence-corrected chi connectivity index (χ3v) is 4.61. The van der Waals surface area contributed by atoms with Gasteiger partial charge in [-0.15, -0.1) is 0 Å². The predicted octanol–water partition coefficient (Wildman–Crippen LogP) is 2.70. The van der Waals surface area contributed by atoms with Gasteiger partial charge in [-0.25, -0.2) is 0 Å². The largest absolute Gasteiger partial charge is 0.496 e. The number of benzene rings is 2. The average molecular weight is 311 g/mol. The van der Waals surface area contributed by atoms with Crippen molar-refractivity contribution < 1.29 is 9.84 Å². The summed E-state index contributed by atoms with van der Waals surface area (Å²) < 4.78 is 5.50. The highest BCUT2D eigenvalue weighted by molar-refractivity contribution is 5.41. The SMILES string of the molecule is COc1cccc2c1CCN(CC(O)Cc1ccccc1)CC2. The minimum absolute atomic E-state index is 0.319. The molecule has 0 aromatic heterocycles. The highest BCUT2D eigenvalue weighted by Crippen LogP contribution is 2.25. The number of ether oxygens (including phenoxy) is 1. The van der Waals surface area contributed by atoms with Crippen molar-refractivity contribution >= 4 is 0 Å². The lowest BCUT2D eigenvalue weighted by Crippen LogP contribution is -2.35. The summed E-state index contributed by atoms with van der Waals surface area (Å²) in [6.45, 7) is 2.69. The van der Waals surface area contributed by atoms with E-state index in [2.05, 4.69) is 29.2 Å². The number of rotatable bonds is 5. The van der Waals surface area contributed by atoms with Gasteiger partial charge in [-0.1, -0.05) is 42.5 Å². The van der Waals surface area contributed by atoms with Gasteiger partial charge in [0.25, 0.3) is 0 Å². The Morgan fingerprint density at radius 2 is 1.83 bits per heavy atom. The van der Waals surface area contributed by atoms with E-state index >= 15 is 0 Å². The van der Waals surface area contributed by atoms with Crippen LogP contribution >= 0.6 is 0 Å². The fourth-order valence-electron chi connectivity index (χ4n) is 3.41. The average Bonchev–Trinajstić information content (AvgIpc) is 2.78. The number of methoxy groups -OCH3 is 1. The van der Waals surface area contributed by atoms with Crippen LogP contribution in [0.3, 0.4) is 0 Å². The van der Waals surface area contributed by atoms with Crippen molar-refractivity contribution in [2.24, 2.45) is 0 Å². The van der Waals surface area contributed by atoms with E-state index in [1.807, 2.05) is 24.3 Å². The van der Waals surface area contributed by atoms with Crippen molar-refractivity contribution in [3.05, 3.63) is 65.2 Å². The van der Waals surface area contributed by atoms with Crippen LogP contribution < -0.4 is 4.74 Å². The second-order valence-electron chi connectivity index (χ2n) is 6.24. The molecule has 1 aliphatic heterocycles. The first-order valence-electron chi connectivity index (χ1n) is 8.35. The third kappa shape index (κ3) is 4.12. The highest BCUT2D eigenvalue weighted by atomic mass is 16.5. The molecule has 1 heterocycles. The number of nitrogens with zero attached hydrogens (tertiary/aromatic N) is 1. The van der Waals surface area contributed by atoms with Gasteiger partial charge >= 0.3 is 0 Å². The lowest BCUT2D eigenvalue weighted by atomic mass is 10.0. The van der Waals surface area contributed by atoms with Crippen LogP contribution in [0.1, 0.15) is 16.7 Å². The molecule has 0 fully saturated rings. The van der Waals surface area contributed by atoms with Crippen LogP contribution in [-0.4, -0.2) is 42.9 Å². The summed E-state index contributed by atoms with van der Waals surface area (Å²) in [4.78, 5) is 2.37. The molecule has 1 atom stereocenters. The third-order valence-electron chi connectivity index (χ3n) is 4.61. The lowest BCUT2D eigenvalue weighted by molar-refractivity contribution is 0.115. The van der Waals surface area contributed by atoms with Gasteiger partial charge in [0.1, 0.15) is 5.75 Å². The number of hydrogen-bond donors (Lipinski definition) is 1. The molecule has 0 aliphatic carbocycles. The molecule has 2 aromatic carbocycles. The molecule has 3 heteroatoms. The molecule has 0 saturated heterocycles. The smallest absolute Gasteiger partial charge is 0.122 e. The van der Waals surface area contributed by atoms with E-state index in [9.17, 15) is 5.11 Å². The van der Waals surface area contributed by atoms with Gasteiger partial charge in [0.15, 0.2) is 0 Å². The molecule has 23 heavy (non-hydrogen) atoms. The fraction of sp³-hybridized carbons (Fsp3) is 0.400. The molecule has 3 nitrogen and oxygen atoms in total. The summed E-state index contributed by atoms with van der Waals surface area (Å²) in [5, 5.41) is 10.4. The zero-order valence-corrected chi connectivity index (χ0v) is 13.7. The van der Waals surface area contributed by atoms with E-state index in [0.29, 0.717) is 6.42 Å². The molecular weight excluding hydrogens is 286 g/mol. The van der Waals surface area contributed by atoms with Crippen molar-refractivity contribution in [1.82, 2.24) is 4.90 Å². The van der Waals surface area contributed by atoms with Crippen LogP contribution in [0, 0.1) is 0 Å². The van der Waals surface area contributed by atoms with E-state index < -0.39 is 0 Å². The number of aliphatic hydroxyl groups excluding tert-OH is 1. The normalized spacial score (nSPS) is 16.4. The zero-order valence-electron chi connectivity index (χ0n) is 13.7. The Bertz CT molecular complexity index is 627. The first kappa shape index (κ1) is 16.0. The minimum atomic E-state index is -0.319. The Kier molecular flexibility index (Phi) is 5.31. The van der Waals surface area contributed by atoms with Crippen LogP contribution in [-0.2, 0) is 19.3 Å². The summed E-state index contributed by atoms with van der Waals surface area (Å²) in [6, 6.07) is 16.5. The molecule has 1 aliphatic rings. The molecule has 0 radical (unpaired) electrons. The number of aliphatic hydroxyl groups is 1. The van der Waals surface area contributed by atoms with Crippen LogP contribution in [0.25, 0.3) is 0 Å². The Hall–Kier alpha value is -1.84. The Balaban J connectivity index is 1.59. The van der Waals surface area contributed by atoms with E-state index in [4.69, 9.17) is 4.74 Å². The van der Waals surface area contributed by atoms with Gasteiger partial charge in [-0.2, -0.15) is 0 Å². The van der Waals surface area contributed by atoms with E-state index in [1.165, 1.54) is 16.7 Å². The highest BCUT2D eigenvalue weighted by Gasteiger charge is 2.19. The fourth-order valence-corrected chi connectivity index (χ4v) is 3.41. The van der Waals surface area contributed by atoms with Crippen LogP contribution in [0.15, 0.2) is 48.5 Å². The van der Waals surface area contributed by atoms with Crippen molar-refractivity contribution in [2.45, 2.75) is 25.4 Å². The summed E-state index contributed by atoms with van der Waals surface area (Å²) in [5.41, 5.74) is 3.90. The quantitative estimate of drug-likeness (QED) is 0.921. The monoisotopic (exact) mass is 311 g/mol. The van der Waals surface area contributed by atoms with Crippen molar-refractivity contribution in [2.75, 3.05) is 26.7 Å². The Morgan fingerprint density at radius 1 is 1.04 bits per heavy atom. The van der Waals surface area contributed by atoms with Gasteiger partial charge in [0, 0.05) is 19.6 Å². The van der Waals surface area contributed by atoms with E-state index in [-0.39, 0.29) is 6.10 Å². The topological polar surface area (TPSA) is 32.7 Å². The van der Waals surface area contributed by atoms with Gasteiger partial charge in [-0.05, 0) is 42.0 Å². The van der Waals surface area contributed by atoms with Crippen molar-refractivity contribution in [3.8, 4) is 5.75 Å². The first-order valence-corrected chi connectivity index (χ1v) is 8.35. The van der Waals surface area contributed by atoms with Gasteiger partial charge in [-0.3, -0.25) is 0 Å². The molecule has 0 saturated carbocycles. The van der Waals surface area contributed by atoms with E-state index in [0.717, 1.165) is 38.2 Å². The first-order chi connectivity index (χ1) is 11.3. The number of fused-ring (bicyclic) bond motifs is 1. The summed E-state index contributed by atoms with van der Waals surface area (Å²) in [7, 11) is 1.74. The summed E-state index contributed by atoms with van der Waals surface area (Å²) in [5.74, 6) is 0.995. The minimum Gasteiger partial charge on any atom is -0.496 e. The lowest BCUT2D eigenvalue weighted by Gasteiger charge is -2.23. The van der Waals surface area contributed by atoms with Gasteiger partial charge < -0.3 is 14.7 Å². The van der Waals surface area contributed by atoms with Gasteiger partial charge in [0.05, 0.1) is 13.2 Å². The van der Waals surface area contributed by atoms with E-state index in [1.54, 1.807) is 7.11 Å².